The zero-order chi connectivity index (χ0) is 21.5. The Kier molecular flexibility index (Phi) is 8.27. The number of carbonyl (C=O) groups excluding carboxylic acids is 3. The molecule has 2 fully saturated rings. The minimum Gasteiger partial charge on any atom is -0.355 e. The van der Waals surface area contributed by atoms with Gasteiger partial charge in [0.1, 0.15) is 6.04 Å². The number of piperidine rings is 1. The van der Waals surface area contributed by atoms with Crippen LogP contribution in [-0.4, -0.2) is 72.3 Å². The molecular weight excluding hydrogens is 448 g/mol. The number of benzene rings is 1. The molecule has 3 rings (SSSR count). The van der Waals surface area contributed by atoms with Crippen molar-refractivity contribution in [1.29, 1.82) is 0 Å². The lowest BCUT2D eigenvalue weighted by molar-refractivity contribution is -0.126. The highest BCUT2D eigenvalue weighted by molar-refractivity contribution is 9.10. The first-order valence-electron chi connectivity index (χ1n) is 10.8. The minimum absolute atomic E-state index is 0.0582. The number of nitrogens with zero attached hydrogens (tertiary/aromatic N) is 2. The van der Waals surface area contributed by atoms with Gasteiger partial charge in [0, 0.05) is 42.3 Å². The normalized spacial score (nSPS) is 20.2. The molecule has 1 unspecified atom stereocenters. The Hall–Kier alpha value is -1.93. The van der Waals surface area contributed by atoms with Gasteiger partial charge in [-0.3, -0.25) is 19.3 Å². The third-order valence-electron chi connectivity index (χ3n) is 5.78. The van der Waals surface area contributed by atoms with Crippen LogP contribution in [0.3, 0.4) is 0 Å². The summed E-state index contributed by atoms with van der Waals surface area (Å²) in [6.45, 7) is 5.35. The van der Waals surface area contributed by atoms with Crippen molar-refractivity contribution in [2.75, 3.05) is 32.7 Å². The second-order valence-electron chi connectivity index (χ2n) is 8.07. The van der Waals surface area contributed by atoms with Crippen LogP contribution < -0.4 is 10.6 Å². The van der Waals surface area contributed by atoms with Crippen LogP contribution in [0.1, 0.15) is 49.4 Å². The molecule has 30 heavy (non-hydrogen) atoms. The summed E-state index contributed by atoms with van der Waals surface area (Å²) in [4.78, 5) is 41.5. The van der Waals surface area contributed by atoms with Crippen molar-refractivity contribution in [3.05, 3.63) is 34.3 Å². The molecule has 1 aromatic rings. The second-order valence-corrected chi connectivity index (χ2v) is 8.99. The van der Waals surface area contributed by atoms with Gasteiger partial charge in [0.15, 0.2) is 0 Å². The van der Waals surface area contributed by atoms with Crippen molar-refractivity contribution in [2.24, 2.45) is 0 Å². The smallest absolute Gasteiger partial charge is 0.254 e. The summed E-state index contributed by atoms with van der Waals surface area (Å²) in [6, 6.07) is 6.94. The number of amides is 3. The van der Waals surface area contributed by atoms with Crippen molar-refractivity contribution >= 4 is 33.7 Å². The van der Waals surface area contributed by atoms with E-state index in [1.165, 1.54) is 0 Å². The highest BCUT2D eigenvalue weighted by Gasteiger charge is 2.35. The molecule has 1 aromatic carbocycles. The topological polar surface area (TPSA) is 81.8 Å². The van der Waals surface area contributed by atoms with Gasteiger partial charge in [-0.25, -0.2) is 0 Å². The van der Waals surface area contributed by atoms with Gasteiger partial charge in [-0.05, 0) is 56.4 Å². The van der Waals surface area contributed by atoms with Crippen LogP contribution in [0.4, 0.5) is 0 Å². The lowest BCUT2D eigenvalue weighted by atomic mass is 10.0. The van der Waals surface area contributed by atoms with Gasteiger partial charge in [0.2, 0.25) is 11.8 Å². The average molecular weight is 479 g/mol. The van der Waals surface area contributed by atoms with Gasteiger partial charge < -0.3 is 15.5 Å². The Balaban J connectivity index is 1.48. The number of nitrogens with one attached hydrogen (secondary N) is 2. The van der Waals surface area contributed by atoms with Crippen LogP contribution in [0.25, 0.3) is 0 Å². The van der Waals surface area contributed by atoms with Crippen LogP contribution in [0.5, 0.6) is 0 Å². The number of carbonyl (C=O) groups is 3. The van der Waals surface area contributed by atoms with E-state index in [0.29, 0.717) is 31.6 Å². The molecule has 0 saturated carbocycles. The largest absolute Gasteiger partial charge is 0.355 e. The molecule has 2 aliphatic rings. The molecule has 7 nitrogen and oxygen atoms in total. The van der Waals surface area contributed by atoms with Crippen LogP contribution in [0, 0.1) is 0 Å². The summed E-state index contributed by atoms with van der Waals surface area (Å²) in [5.41, 5.74) is 0.604. The first-order valence-corrected chi connectivity index (χ1v) is 11.6. The Morgan fingerprint density at radius 3 is 2.43 bits per heavy atom. The molecule has 3 amide bonds. The molecule has 0 spiro atoms. The van der Waals surface area contributed by atoms with Crippen LogP contribution in [-0.2, 0) is 9.59 Å². The number of likely N-dealkylation sites (tertiary alicyclic amines) is 2. The number of halogens is 1. The van der Waals surface area contributed by atoms with Crippen molar-refractivity contribution in [3.63, 3.8) is 0 Å². The summed E-state index contributed by atoms with van der Waals surface area (Å²) in [5, 5.41) is 6.05. The van der Waals surface area contributed by atoms with Gasteiger partial charge in [-0.2, -0.15) is 0 Å². The summed E-state index contributed by atoms with van der Waals surface area (Å²) in [6.07, 6.45) is 4.11. The molecule has 2 heterocycles. The minimum atomic E-state index is -0.404. The summed E-state index contributed by atoms with van der Waals surface area (Å²) < 4.78 is 0.920. The van der Waals surface area contributed by atoms with E-state index in [2.05, 4.69) is 31.5 Å². The molecule has 2 N–H and O–H groups in total. The maximum absolute atomic E-state index is 12.9. The second kappa shape index (κ2) is 10.9. The van der Waals surface area contributed by atoms with E-state index in [9.17, 15) is 14.4 Å². The van der Waals surface area contributed by atoms with E-state index >= 15 is 0 Å². The Labute approximate surface area is 186 Å². The maximum Gasteiger partial charge on any atom is 0.254 e. The molecule has 8 heteroatoms. The quantitative estimate of drug-likeness (QED) is 0.628. The predicted molar refractivity (Wildman–Crippen MR) is 119 cm³/mol. The third kappa shape index (κ3) is 6.04. The standard InChI is InChI=1S/C22H31BrN4O3/c1-2-11-24-20(28)15-26-13-9-18(10-14-26)25-21(29)19-4-3-12-27(19)22(30)16-5-7-17(23)8-6-16/h5-8,18-19H,2-4,9-15H2,1H3,(H,24,28)(H,25,29). The zero-order valence-corrected chi connectivity index (χ0v) is 19.1. The Bertz CT molecular complexity index is 747. The van der Waals surface area contributed by atoms with E-state index < -0.39 is 6.04 Å². The van der Waals surface area contributed by atoms with Crippen molar-refractivity contribution < 1.29 is 14.4 Å². The SMILES string of the molecule is CCCNC(=O)CN1CCC(NC(=O)C2CCCN2C(=O)c2ccc(Br)cc2)CC1. The third-order valence-corrected chi connectivity index (χ3v) is 6.31. The summed E-state index contributed by atoms with van der Waals surface area (Å²) in [5.74, 6) is -0.0856. The maximum atomic E-state index is 12.9. The highest BCUT2D eigenvalue weighted by atomic mass is 79.9. The molecule has 2 aliphatic heterocycles. The van der Waals surface area contributed by atoms with Crippen LogP contribution in [0.2, 0.25) is 0 Å². The van der Waals surface area contributed by atoms with Crippen molar-refractivity contribution in [2.45, 2.75) is 51.1 Å². The fraction of sp³-hybridized carbons (Fsp3) is 0.591. The number of hydrogen-bond donors (Lipinski definition) is 2. The van der Waals surface area contributed by atoms with Gasteiger partial charge in [0.05, 0.1) is 6.54 Å². The van der Waals surface area contributed by atoms with Gasteiger partial charge in [-0.1, -0.05) is 22.9 Å². The molecule has 0 bridgehead atoms. The Morgan fingerprint density at radius 2 is 1.77 bits per heavy atom. The van der Waals surface area contributed by atoms with Gasteiger partial charge in [0.25, 0.3) is 5.91 Å². The fourth-order valence-corrected chi connectivity index (χ4v) is 4.36. The number of rotatable bonds is 7. The fourth-order valence-electron chi connectivity index (χ4n) is 4.10. The Morgan fingerprint density at radius 1 is 1.07 bits per heavy atom. The van der Waals surface area contributed by atoms with E-state index in [0.717, 1.165) is 43.2 Å². The molecule has 164 valence electrons. The molecule has 0 radical (unpaired) electrons. The summed E-state index contributed by atoms with van der Waals surface area (Å²) >= 11 is 3.38. The monoisotopic (exact) mass is 478 g/mol. The van der Waals surface area contributed by atoms with Gasteiger partial charge in [-0.15, -0.1) is 0 Å². The lowest BCUT2D eigenvalue weighted by Gasteiger charge is -2.33. The average Bonchev–Trinajstić information content (AvgIpc) is 3.24. The molecule has 0 aromatic heterocycles. The highest BCUT2D eigenvalue weighted by Crippen LogP contribution is 2.22. The van der Waals surface area contributed by atoms with Crippen molar-refractivity contribution in [3.8, 4) is 0 Å². The van der Waals surface area contributed by atoms with E-state index in [1.807, 2.05) is 19.1 Å². The van der Waals surface area contributed by atoms with Crippen LogP contribution in [0.15, 0.2) is 28.7 Å². The predicted octanol–water partition coefficient (Wildman–Crippen LogP) is 2.16. The number of hydrogen-bond acceptors (Lipinski definition) is 4. The first kappa shape index (κ1) is 22.7. The lowest BCUT2D eigenvalue weighted by Crippen LogP contribution is -2.52. The van der Waals surface area contributed by atoms with E-state index in [1.54, 1.807) is 17.0 Å². The van der Waals surface area contributed by atoms with Crippen LogP contribution >= 0.6 is 15.9 Å². The molecular formula is C22H31BrN4O3. The van der Waals surface area contributed by atoms with Crippen molar-refractivity contribution in [1.82, 2.24) is 20.4 Å². The zero-order valence-electron chi connectivity index (χ0n) is 17.5. The summed E-state index contributed by atoms with van der Waals surface area (Å²) in [7, 11) is 0. The first-order chi connectivity index (χ1) is 14.5. The van der Waals surface area contributed by atoms with Gasteiger partial charge >= 0.3 is 0 Å². The molecule has 0 aliphatic carbocycles. The van der Waals surface area contributed by atoms with E-state index in [-0.39, 0.29) is 23.8 Å². The molecule has 1 atom stereocenters. The van der Waals surface area contributed by atoms with E-state index in [4.69, 9.17) is 0 Å². The molecule has 2 saturated heterocycles.